The van der Waals surface area contributed by atoms with Crippen LogP contribution >= 0.6 is 31.9 Å². The van der Waals surface area contributed by atoms with Crippen molar-refractivity contribution in [2.45, 2.75) is 20.4 Å². The molecule has 0 bridgehead atoms. The molecular formula is C23H22Br2N2O2. The van der Waals surface area contributed by atoms with E-state index in [9.17, 15) is 4.79 Å². The second-order valence-corrected chi connectivity index (χ2v) is 8.55. The molecule has 0 heterocycles. The SMILES string of the molecule is Cc1ccc(C)c(NC(=O)COc2ccc(CNc3ccc(Br)cc3)cc2Br)c1. The van der Waals surface area contributed by atoms with E-state index in [2.05, 4.69) is 42.5 Å². The Kier molecular flexibility index (Phi) is 7.34. The van der Waals surface area contributed by atoms with Crippen LogP contribution in [0, 0.1) is 13.8 Å². The maximum Gasteiger partial charge on any atom is 0.262 e. The Morgan fingerprint density at radius 1 is 0.966 bits per heavy atom. The molecule has 3 aromatic carbocycles. The molecule has 4 nitrogen and oxygen atoms in total. The van der Waals surface area contributed by atoms with Crippen LogP contribution in [0.4, 0.5) is 11.4 Å². The molecule has 0 spiro atoms. The average molecular weight is 518 g/mol. The Balaban J connectivity index is 1.54. The molecule has 0 atom stereocenters. The highest BCUT2D eigenvalue weighted by Crippen LogP contribution is 2.27. The Bertz CT molecular complexity index is 1000. The normalized spacial score (nSPS) is 10.5. The topological polar surface area (TPSA) is 50.4 Å². The summed E-state index contributed by atoms with van der Waals surface area (Å²) in [6.07, 6.45) is 0. The highest BCUT2D eigenvalue weighted by Gasteiger charge is 2.09. The van der Waals surface area contributed by atoms with Gasteiger partial charge in [0, 0.05) is 22.4 Å². The van der Waals surface area contributed by atoms with Crippen molar-refractivity contribution in [3.05, 3.63) is 86.3 Å². The minimum absolute atomic E-state index is 0.0531. The lowest BCUT2D eigenvalue weighted by molar-refractivity contribution is -0.118. The van der Waals surface area contributed by atoms with E-state index in [0.29, 0.717) is 12.3 Å². The summed E-state index contributed by atoms with van der Waals surface area (Å²) in [5.74, 6) is 0.445. The lowest BCUT2D eigenvalue weighted by atomic mass is 10.1. The third-order valence-corrected chi connectivity index (χ3v) is 5.51. The third-order valence-electron chi connectivity index (χ3n) is 4.36. The fraction of sp³-hybridized carbons (Fsp3) is 0.174. The van der Waals surface area contributed by atoms with Crippen LogP contribution in [-0.4, -0.2) is 12.5 Å². The van der Waals surface area contributed by atoms with Gasteiger partial charge in [0.25, 0.3) is 5.91 Å². The summed E-state index contributed by atoms with van der Waals surface area (Å²) in [7, 11) is 0. The number of ether oxygens (including phenoxy) is 1. The lowest BCUT2D eigenvalue weighted by Crippen LogP contribution is -2.20. The van der Waals surface area contributed by atoms with Gasteiger partial charge in [-0.3, -0.25) is 4.79 Å². The van der Waals surface area contributed by atoms with Gasteiger partial charge in [-0.15, -0.1) is 0 Å². The summed E-state index contributed by atoms with van der Waals surface area (Å²) < 4.78 is 7.55. The van der Waals surface area contributed by atoms with Crippen molar-refractivity contribution in [1.82, 2.24) is 0 Å². The highest BCUT2D eigenvalue weighted by molar-refractivity contribution is 9.10. The van der Waals surface area contributed by atoms with Crippen LogP contribution < -0.4 is 15.4 Å². The molecule has 0 aliphatic rings. The fourth-order valence-electron chi connectivity index (χ4n) is 2.74. The summed E-state index contributed by atoms with van der Waals surface area (Å²) in [5, 5.41) is 6.28. The van der Waals surface area contributed by atoms with Gasteiger partial charge in [-0.2, -0.15) is 0 Å². The molecule has 0 unspecified atom stereocenters. The fourth-order valence-corrected chi connectivity index (χ4v) is 3.55. The number of nitrogens with one attached hydrogen (secondary N) is 2. The number of anilines is 2. The van der Waals surface area contributed by atoms with Crippen LogP contribution in [0.1, 0.15) is 16.7 Å². The van der Waals surface area contributed by atoms with E-state index < -0.39 is 0 Å². The van der Waals surface area contributed by atoms with Crippen molar-refractivity contribution in [3.8, 4) is 5.75 Å². The Hall–Kier alpha value is -2.31. The summed E-state index contributed by atoms with van der Waals surface area (Å²) in [6, 6.07) is 19.8. The number of amides is 1. The number of carbonyl (C=O) groups is 1. The van der Waals surface area contributed by atoms with Gasteiger partial charge in [0.1, 0.15) is 5.75 Å². The monoisotopic (exact) mass is 516 g/mol. The minimum Gasteiger partial charge on any atom is -0.483 e. The third kappa shape index (κ3) is 6.34. The van der Waals surface area contributed by atoms with Crippen LogP contribution in [0.2, 0.25) is 0 Å². The van der Waals surface area contributed by atoms with Crippen LogP contribution in [0.25, 0.3) is 0 Å². The zero-order chi connectivity index (χ0) is 20.8. The molecule has 3 rings (SSSR count). The van der Waals surface area contributed by atoms with E-state index in [-0.39, 0.29) is 12.5 Å². The van der Waals surface area contributed by atoms with Crippen molar-refractivity contribution < 1.29 is 9.53 Å². The number of hydrogen-bond acceptors (Lipinski definition) is 3. The van der Waals surface area contributed by atoms with Crippen molar-refractivity contribution in [3.63, 3.8) is 0 Å². The number of benzene rings is 3. The number of carbonyl (C=O) groups excluding carboxylic acids is 1. The molecule has 0 aliphatic heterocycles. The largest absolute Gasteiger partial charge is 0.483 e. The van der Waals surface area contributed by atoms with Gasteiger partial charge in [0.05, 0.1) is 4.47 Å². The Labute approximate surface area is 187 Å². The zero-order valence-corrected chi connectivity index (χ0v) is 19.4. The molecule has 2 N–H and O–H groups in total. The molecule has 3 aromatic rings. The van der Waals surface area contributed by atoms with Gasteiger partial charge in [0.2, 0.25) is 0 Å². The lowest BCUT2D eigenvalue weighted by Gasteiger charge is -2.12. The molecule has 0 saturated heterocycles. The number of rotatable bonds is 7. The van der Waals surface area contributed by atoms with E-state index >= 15 is 0 Å². The number of halogens is 2. The Morgan fingerprint density at radius 2 is 1.72 bits per heavy atom. The van der Waals surface area contributed by atoms with Crippen molar-refractivity contribution in [2.75, 3.05) is 17.2 Å². The molecule has 150 valence electrons. The summed E-state index contributed by atoms with van der Waals surface area (Å²) in [4.78, 5) is 12.2. The first kappa shape index (κ1) is 21.4. The van der Waals surface area contributed by atoms with Gasteiger partial charge in [-0.05, 0) is 88.9 Å². The molecule has 6 heteroatoms. The predicted molar refractivity (Wildman–Crippen MR) is 126 cm³/mol. The van der Waals surface area contributed by atoms with Crippen molar-refractivity contribution in [2.24, 2.45) is 0 Å². The van der Waals surface area contributed by atoms with E-state index in [1.165, 1.54) is 0 Å². The van der Waals surface area contributed by atoms with Crippen LogP contribution in [0.5, 0.6) is 5.75 Å². The predicted octanol–water partition coefficient (Wildman–Crippen LogP) is 6.46. The van der Waals surface area contributed by atoms with Gasteiger partial charge < -0.3 is 15.4 Å². The second-order valence-electron chi connectivity index (χ2n) is 6.78. The maximum absolute atomic E-state index is 12.2. The van der Waals surface area contributed by atoms with Gasteiger partial charge in [-0.25, -0.2) is 0 Å². The van der Waals surface area contributed by atoms with E-state index in [1.807, 2.05) is 74.5 Å². The summed E-state index contributed by atoms with van der Waals surface area (Å²) in [5.41, 5.74) is 5.08. The van der Waals surface area contributed by atoms with Crippen LogP contribution in [-0.2, 0) is 11.3 Å². The van der Waals surface area contributed by atoms with Gasteiger partial charge >= 0.3 is 0 Å². The van der Waals surface area contributed by atoms with Gasteiger partial charge in [0.15, 0.2) is 6.61 Å². The standard InChI is InChI=1S/C23H22Br2N2O2/c1-15-3-4-16(2)21(11-15)27-23(28)14-29-22-10-5-17(12-20(22)25)13-26-19-8-6-18(24)7-9-19/h3-12,26H,13-14H2,1-2H3,(H,27,28). The summed E-state index contributed by atoms with van der Waals surface area (Å²) >= 11 is 6.96. The van der Waals surface area contributed by atoms with E-state index in [4.69, 9.17) is 4.74 Å². The zero-order valence-electron chi connectivity index (χ0n) is 16.3. The average Bonchev–Trinajstić information content (AvgIpc) is 2.69. The molecule has 0 aliphatic carbocycles. The first-order valence-corrected chi connectivity index (χ1v) is 10.8. The summed E-state index contributed by atoms with van der Waals surface area (Å²) in [6.45, 7) is 4.60. The molecule has 0 radical (unpaired) electrons. The number of aryl methyl sites for hydroxylation is 2. The van der Waals surface area contributed by atoms with Crippen molar-refractivity contribution in [1.29, 1.82) is 0 Å². The molecule has 0 fully saturated rings. The number of hydrogen-bond donors (Lipinski definition) is 2. The highest BCUT2D eigenvalue weighted by atomic mass is 79.9. The molecule has 0 aromatic heterocycles. The molecule has 1 amide bonds. The van der Waals surface area contributed by atoms with Gasteiger partial charge in [-0.1, -0.05) is 34.1 Å². The van der Waals surface area contributed by atoms with Crippen molar-refractivity contribution >= 4 is 49.1 Å². The smallest absolute Gasteiger partial charge is 0.262 e. The molecule has 29 heavy (non-hydrogen) atoms. The molecular weight excluding hydrogens is 496 g/mol. The Morgan fingerprint density at radius 3 is 2.45 bits per heavy atom. The first-order valence-electron chi connectivity index (χ1n) is 9.18. The first-order chi connectivity index (χ1) is 13.9. The quantitative estimate of drug-likeness (QED) is 0.378. The van der Waals surface area contributed by atoms with E-state index in [0.717, 1.165) is 37.0 Å². The van der Waals surface area contributed by atoms with Crippen LogP contribution in [0.3, 0.4) is 0 Å². The maximum atomic E-state index is 12.2. The molecule has 0 saturated carbocycles. The van der Waals surface area contributed by atoms with E-state index in [1.54, 1.807) is 0 Å². The van der Waals surface area contributed by atoms with Crippen LogP contribution in [0.15, 0.2) is 69.6 Å². The second kappa shape index (κ2) is 9.94. The minimum atomic E-state index is -0.188.